The molecule has 19 heavy (non-hydrogen) atoms. The number of amides is 1. The van der Waals surface area contributed by atoms with Gasteiger partial charge in [0.05, 0.1) is 6.54 Å². The van der Waals surface area contributed by atoms with Crippen molar-refractivity contribution in [3.05, 3.63) is 42.0 Å². The molecular weight excluding hydrogens is 236 g/mol. The van der Waals surface area contributed by atoms with E-state index in [-0.39, 0.29) is 5.91 Å². The Morgan fingerprint density at radius 3 is 2.74 bits per heavy atom. The van der Waals surface area contributed by atoms with Crippen LogP contribution in [0, 0.1) is 0 Å². The first-order chi connectivity index (χ1) is 9.34. The molecule has 0 saturated carbocycles. The van der Waals surface area contributed by atoms with E-state index in [0.717, 1.165) is 18.7 Å². The zero-order valence-electron chi connectivity index (χ0n) is 11.3. The Hall–Kier alpha value is -1.77. The van der Waals surface area contributed by atoms with E-state index < -0.39 is 0 Å². The van der Waals surface area contributed by atoms with Gasteiger partial charge in [0.25, 0.3) is 0 Å². The number of hydrogen-bond donors (Lipinski definition) is 2. The molecule has 1 aromatic carbocycles. The number of carbonyl (C=O) groups excluding carboxylic acids is 1. The summed E-state index contributed by atoms with van der Waals surface area (Å²) in [5, 5.41) is 6.06. The minimum atomic E-state index is 0.0558. The molecule has 1 amide bonds. The van der Waals surface area contributed by atoms with Crippen molar-refractivity contribution >= 4 is 11.6 Å². The molecule has 0 unspecified atom stereocenters. The van der Waals surface area contributed by atoms with E-state index in [1.165, 1.54) is 31.3 Å². The van der Waals surface area contributed by atoms with E-state index in [9.17, 15) is 4.79 Å². The smallest absolute Gasteiger partial charge is 0.239 e. The fourth-order valence-corrected chi connectivity index (χ4v) is 2.30. The first-order valence-electron chi connectivity index (χ1n) is 7.08. The summed E-state index contributed by atoms with van der Waals surface area (Å²) < 4.78 is 0. The van der Waals surface area contributed by atoms with Gasteiger partial charge in [0.2, 0.25) is 5.91 Å². The number of benzene rings is 1. The number of carbonyl (C=O) groups is 1. The van der Waals surface area contributed by atoms with E-state index in [1.54, 1.807) is 0 Å². The van der Waals surface area contributed by atoms with Crippen molar-refractivity contribution in [1.82, 2.24) is 5.32 Å². The highest BCUT2D eigenvalue weighted by molar-refractivity contribution is 5.80. The van der Waals surface area contributed by atoms with Gasteiger partial charge >= 0.3 is 0 Å². The van der Waals surface area contributed by atoms with E-state index in [4.69, 9.17) is 0 Å². The maximum atomic E-state index is 11.7. The first kappa shape index (κ1) is 13.7. The van der Waals surface area contributed by atoms with Crippen LogP contribution in [-0.4, -0.2) is 19.0 Å². The Morgan fingerprint density at radius 1 is 1.16 bits per heavy atom. The third-order valence-corrected chi connectivity index (χ3v) is 3.38. The van der Waals surface area contributed by atoms with Crippen molar-refractivity contribution in [2.24, 2.45) is 0 Å². The van der Waals surface area contributed by atoms with Gasteiger partial charge in [0.15, 0.2) is 0 Å². The molecule has 3 nitrogen and oxygen atoms in total. The molecule has 0 aliphatic heterocycles. The number of nitrogens with one attached hydrogen (secondary N) is 2. The summed E-state index contributed by atoms with van der Waals surface area (Å²) in [6.07, 6.45) is 8.36. The number of anilines is 1. The Bertz CT molecular complexity index is 426. The Kier molecular flexibility index (Phi) is 5.48. The lowest BCUT2D eigenvalue weighted by Crippen LogP contribution is -2.30. The number of allylic oxidation sites excluding steroid dienone is 1. The molecule has 0 radical (unpaired) electrons. The van der Waals surface area contributed by atoms with E-state index in [2.05, 4.69) is 16.7 Å². The molecule has 2 N–H and O–H groups in total. The third kappa shape index (κ3) is 5.16. The van der Waals surface area contributed by atoms with Crippen LogP contribution in [-0.2, 0) is 4.79 Å². The summed E-state index contributed by atoms with van der Waals surface area (Å²) in [5.74, 6) is 0.0558. The van der Waals surface area contributed by atoms with Crippen LogP contribution in [0.25, 0.3) is 0 Å². The molecule has 0 saturated heterocycles. The quantitative estimate of drug-likeness (QED) is 0.770. The molecule has 3 heteroatoms. The molecule has 0 fully saturated rings. The van der Waals surface area contributed by atoms with Crippen LogP contribution in [0.1, 0.15) is 32.1 Å². The monoisotopic (exact) mass is 258 g/mol. The highest BCUT2D eigenvalue weighted by Crippen LogP contribution is 2.19. The van der Waals surface area contributed by atoms with Gasteiger partial charge in [-0.25, -0.2) is 0 Å². The van der Waals surface area contributed by atoms with E-state index >= 15 is 0 Å². The van der Waals surface area contributed by atoms with Crippen molar-refractivity contribution in [1.29, 1.82) is 0 Å². The van der Waals surface area contributed by atoms with Crippen molar-refractivity contribution in [2.45, 2.75) is 32.1 Å². The van der Waals surface area contributed by atoms with Gasteiger partial charge in [0, 0.05) is 12.2 Å². The van der Waals surface area contributed by atoms with Crippen LogP contribution in [0.2, 0.25) is 0 Å². The number of para-hydroxylation sites is 1. The van der Waals surface area contributed by atoms with Crippen LogP contribution in [0.5, 0.6) is 0 Å². The lowest BCUT2D eigenvalue weighted by Gasteiger charge is -2.13. The Balaban J connectivity index is 1.61. The second kappa shape index (κ2) is 7.62. The fraction of sp³-hybridized carbons (Fsp3) is 0.438. The summed E-state index contributed by atoms with van der Waals surface area (Å²) in [7, 11) is 0. The summed E-state index contributed by atoms with van der Waals surface area (Å²) in [4.78, 5) is 11.7. The van der Waals surface area contributed by atoms with Gasteiger partial charge in [0.1, 0.15) is 0 Å². The predicted octanol–water partition coefficient (Wildman–Crippen LogP) is 3.11. The van der Waals surface area contributed by atoms with Crippen molar-refractivity contribution in [2.75, 3.05) is 18.4 Å². The summed E-state index contributed by atoms with van der Waals surface area (Å²) in [6, 6.07) is 9.79. The molecule has 102 valence electrons. The van der Waals surface area contributed by atoms with Crippen LogP contribution < -0.4 is 10.6 Å². The van der Waals surface area contributed by atoms with Crippen molar-refractivity contribution in [3.63, 3.8) is 0 Å². The van der Waals surface area contributed by atoms with Crippen LogP contribution in [0.3, 0.4) is 0 Å². The highest BCUT2D eigenvalue weighted by atomic mass is 16.1. The van der Waals surface area contributed by atoms with Gasteiger partial charge in [-0.1, -0.05) is 29.8 Å². The molecule has 0 spiro atoms. The zero-order chi connectivity index (χ0) is 13.3. The summed E-state index contributed by atoms with van der Waals surface area (Å²) in [5.41, 5.74) is 2.48. The van der Waals surface area contributed by atoms with Crippen molar-refractivity contribution in [3.8, 4) is 0 Å². The maximum Gasteiger partial charge on any atom is 0.239 e. The third-order valence-electron chi connectivity index (χ3n) is 3.38. The molecule has 1 aliphatic carbocycles. The van der Waals surface area contributed by atoms with Crippen LogP contribution in [0.15, 0.2) is 42.0 Å². The Morgan fingerprint density at radius 2 is 2.00 bits per heavy atom. The fourth-order valence-electron chi connectivity index (χ4n) is 2.30. The average molecular weight is 258 g/mol. The number of rotatable bonds is 6. The summed E-state index contributed by atoms with van der Waals surface area (Å²) in [6.45, 7) is 1.09. The molecule has 1 aliphatic rings. The van der Waals surface area contributed by atoms with E-state index in [0.29, 0.717) is 6.54 Å². The molecule has 2 rings (SSSR count). The number of hydrogen-bond acceptors (Lipinski definition) is 2. The molecule has 0 aromatic heterocycles. The molecule has 0 bridgehead atoms. The lowest BCUT2D eigenvalue weighted by molar-refractivity contribution is -0.119. The predicted molar refractivity (Wildman–Crippen MR) is 79.1 cm³/mol. The normalized spacial score (nSPS) is 14.6. The minimum absolute atomic E-state index is 0.0558. The molecule has 1 aromatic rings. The largest absolute Gasteiger partial charge is 0.376 e. The standard InChI is InChI=1S/C16H22N2O/c19-16(13-18-15-9-5-2-6-10-15)17-12-11-14-7-3-1-4-8-14/h2,5-7,9-10,18H,1,3-4,8,11-13H2,(H,17,19). The Labute approximate surface area is 115 Å². The van der Waals surface area contributed by atoms with Crippen LogP contribution in [0.4, 0.5) is 5.69 Å². The second-order valence-corrected chi connectivity index (χ2v) is 4.93. The molecular formula is C16H22N2O. The molecule has 0 atom stereocenters. The molecule has 0 heterocycles. The van der Waals surface area contributed by atoms with Gasteiger partial charge in [-0.3, -0.25) is 4.79 Å². The van der Waals surface area contributed by atoms with Gasteiger partial charge in [-0.05, 0) is 44.2 Å². The second-order valence-electron chi connectivity index (χ2n) is 4.93. The van der Waals surface area contributed by atoms with Gasteiger partial charge in [-0.2, -0.15) is 0 Å². The average Bonchev–Trinajstić information content (AvgIpc) is 2.47. The summed E-state index contributed by atoms with van der Waals surface area (Å²) >= 11 is 0. The van der Waals surface area contributed by atoms with Gasteiger partial charge in [-0.15, -0.1) is 0 Å². The topological polar surface area (TPSA) is 41.1 Å². The van der Waals surface area contributed by atoms with Crippen LogP contribution >= 0.6 is 0 Å². The maximum absolute atomic E-state index is 11.7. The van der Waals surface area contributed by atoms with E-state index in [1.807, 2.05) is 30.3 Å². The SMILES string of the molecule is O=C(CNc1ccccc1)NCCC1=CCCCC1. The van der Waals surface area contributed by atoms with Gasteiger partial charge < -0.3 is 10.6 Å². The highest BCUT2D eigenvalue weighted by Gasteiger charge is 2.04. The lowest BCUT2D eigenvalue weighted by atomic mass is 9.97. The first-order valence-corrected chi connectivity index (χ1v) is 7.08. The van der Waals surface area contributed by atoms with Crippen molar-refractivity contribution < 1.29 is 4.79 Å². The zero-order valence-corrected chi connectivity index (χ0v) is 11.3. The minimum Gasteiger partial charge on any atom is -0.376 e.